The minimum atomic E-state index is -0.0491. The maximum absolute atomic E-state index is 12.5. The smallest absolute Gasteiger partial charge is 0.253 e. The lowest BCUT2D eigenvalue weighted by molar-refractivity contribution is 0.0950. The average molecular weight is 359 g/mol. The van der Waals surface area contributed by atoms with Gasteiger partial charge in [0.1, 0.15) is 0 Å². The minimum absolute atomic E-state index is 0.0491. The Labute approximate surface area is 150 Å². The Morgan fingerprint density at radius 1 is 1.17 bits per heavy atom. The van der Waals surface area contributed by atoms with E-state index in [4.69, 9.17) is 11.6 Å². The van der Waals surface area contributed by atoms with Crippen LogP contribution >= 0.6 is 22.9 Å². The first kappa shape index (κ1) is 16.8. The number of carbonyl (C=O) groups is 1. The van der Waals surface area contributed by atoms with Crippen molar-refractivity contribution >= 4 is 28.8 Å². The molecule has 5 heteroatoms. The SMILES string of the molecule is Cc1cc(C(=O)NCc2ccc(Cl)s2)c(C)n1Cc1ccccc1. The Balaban J connectivity index is 1.74. The summed E-state index contributed by atoms with van der Waals surface area (Å²) < 4.78 is 2.91. The number of rotatable bonds is 5. The fraction of sp³-hybridized carbons (Fsp3) is 0.211. The van der Waals surface area contributed by atoms with Crippen molar-refractivity contribution in [1.82, 2.24) is 9.88 Å². The van der Waals surface area contributed by atoms with Crippen LogP contribution in [0.2, 0.25) is 4.34 Å². The topological polar surface area (TPSA) is 34.0 Å². The van der Waals surface area contributed by atoms with Gasteiger partial charge in [0, 0.05) is 22.8 Å². The predicted octanol–water partition coefficient (Wildman–Crippen LogP) is 4.80. The number of amides is 1. The maximum Gasteiger partial charge on any atom is 0.253 e. The third-order valence-electron chi connectivity index (χ3n) is 4.05. The molecular weight excluding hydrogens is 340 g/mol. The number of nitrogens with one attached hydrogen (secondary N) is 1. The normalized spacial score (nSPS) is 10.8. The summed E-state index contributed by atoms with van der Waals surface area (Å²) in [7, 11) is 0. The van der Waals surface area contributed by atoms with Gasteiger partial charge in [0.15, 0.2) is 0 Å². The second-order valence-corrected chi connectivity index (χ2v) is 7.54. The Kier molecular flexibility index (Phi) is 5.07. The van der Waals surface area contributed by atoms with Crippen LogP contribution in [0.5, 0.6) is 0 Å². The first-order valence-corrected chi connectivity index (χ1v) is 8.97. The first-order chi connectivity index (χ1) is 11.5. The lowest BCUT2D eigenvalue weighted by Crippen LogP contribution is -2.23. The Morgan fingerprint density at radius 3 is 2.58 bits per heavy atom. The Morgan fingerprint density at radius 2 is 1.92 bits per heavy atom. The molecule has 1 aromatic carbocycles. The van der Waals surface area contributed by atoms with Crippen molar-refractivity contribution in [3.63, 3.8) is 0 Å². The molecule has 0 fully saturated rings. The van der Waals surface area contributed by atoms with Gasteiger partial charge in [-0.25, -0.2) is 0 Å². The number of aryl methyl sites for hydroxylation is 1. The van der Waals surface area contributed by atoms with Gasteiger partial charge in [0.25, 0.3) is 5.91 Å². The molecule has 1 N–H and O–H groups in total. The van der Waals surface area contributed by atoms with Crippen LogP contribution in [0.25, 0.3) is 0 Å². The van der Waals surface area contributed by atoms with Crippen LogP contribution < -0.4 is 5.32 Å². The largest absolute Gasteiger partial charge is 0.347 e. The lowest BCUT2D eigenvalue weighted by Gasteiger charge is -2.10. The van der Waals surface area contributed by atoms with Crippen LogP contribution in [0.4, 0.5) is 0 Å². The van der Waals surface area contributed by atoms with E-state index in [1.165, 1.54) is 16.9 Å². The van der Waals surface area contributed by atoms with Gasteiger partial charge in [-0.15, -0.1) is 11.3 Å². The van der Waals surface area contributed by atoms with Crippen molar-refractivity contribution in [1.29, 1.82) is 0 Å². The van der Waals surface area contributed by atoms with Crippen molar-refractivity contribution in [3.05, 3.63) is 80.3 Å². The molecule has 0 aliphatic heterocycles. The molecular formula is C19H19ClN2OS. The fourth-order valence-electron chi connectivity index (χ4n) is 2.75. The van der Waals surface area contributed by atoms with Gasteiger partial charge in [-0.2, -0.15) is 0 Å². The summed E-state index contributed by atoms with van der Waals surface area (Å²) in [5, 5.41) is 2.97. The molecule has 3 nitrogen and oxygen atoms in total. The first-order valence-electron chi connectivity index (χ1n) is 7.77. The monoisotopic (exact) mass is 358 g/mol. The highest BCUT2D eigenvalue weighted by atomic mass is 35.5. The van der Waals surface area contributed by atoms with E-state index in [9.17, 15) is 4.79 Å². The quantitative estimate of drug-likeness (QED) is 0.698. The van der Waals surface area contributed by atoms with Crippen LogP contribution in [0, 0.1) is 13.8 Å². The molecule has 1 amide bonds. The van der Waals surface area contributed by atoms with Crippen molar-refractivity contribution in [2.75, 3.05) is 0 Å². The van der Waals surface area contributed by atoms with Crippen molar-refractivity contribution in [3.8, 4) is 0 Å². The average Bonchev–Trinajstić information content (AvgIpc) is 3.12. The zero-order valence-corrected chi connectivity index (χ0v) is 15.2. The minimum Gasteiger partial charge on any atom is -0.347 e. The van der Waals surface area contributed by atoms with E-state index in [2.05, 4.69) is 22.0 Å². The molecule has 0 aliphatic rings. The second kappa shape index (κ2) is 7.24. The highest BCUT2D eigenvalue weighted by Gasteiger charge is 2.15. The molecule has 0 atom stereocenters. The molecule has 124 valence electrons. The number of halogens is 1. The van der Waals surface area contributed by atoms with Gasteiger partial charge in [-0.05, 0) is 37.6 Å². The molecule has 0 bridgehead atoms. The molecule has 0 unspecified atom stereocenters. The summed E-state index contributed by atoms with van der Waals surface area (Å²) in [5.74, 6) is -0.0491. The van der Waals surface area contributed by atoms with Crippen LogP contribution in [0.15, 0.2) is 48.5 Å². The summed E-state index contributed by atoms with van der Waals surface area (Å²) >= 11 is 7.41. The van der Waals surface area contributed by atoms with Crippen LogP contribution in [0.1, 0.15) is 32.2 Å². The molecule has 3 rings (SSSR count). The number of nitrogens with zero attached hydrogens (tertiary/aromatic N) is 1. The molecule has 0 saturated heterocycles. The number of thiophene rings is 1. The van der Waals surface area contributed by atoms with Gasteiger partial charge >= 0.3 is 0 Å². The molecule has 0 saturated carbocycles. The highest BCUT2D eigenvalue weighted by Crippen LogP contribution is 2.22. The summed E-state index contributed by atoms with van der Waals surface area (Å²) in [4.78, 5) is 13.6. The van der Waals surface area contributed by atoms with Crippen LogP contribution in [-0.4, -0.2) is 10.5 Å². The second-order valence-electron chi connectivity index (χ2n) is 5.75. The summed E-state index contributed by atoms with van der Waals surface area (Å²) in [6, 6.07) is 16.0. The molecule has 2 aromatic heterocycles. The fourth-order valence-corrected chi connectivity index (χ4v) is 3.78. The molecule has 3 aromatic rings. The van der Waals surface area contributed by atoms with E-state index >= 15 is 0 Å². The number of carbonyl (C=O) groups excluding carboxylic acids is 1. The van der Waals surface area contributed by atoms with E-state index in [0.717, 1.165) is 32.7 Å². The highest BCUT2D eigenvalue weighted by molar-refractivity contribution is 7.16. The molecule has 24 heavy (non-hydrogen) atoms. The number of hydrogen-bond acceptors (Lipinski definition) is 2. The standard InChI is InChI=1S/C19H19ClN2OS/c1-13-10-17(19(23)21-11-16-8-9-18(20)24-16)14(2)22(13)12-15-6-4-3-5-7-15/h3-10H,11-12H2,1-2H3,(H,21,23). The predicted molar refractivity (Wildman–Crippen MR) is 99.9 cm³/mol. The van der Waals surface area contributed by atoms with E-state index in [-0.39, 0.29) is 5.91 Å². The summed E-state index contributed by atoms with van der Waals surface area (Å²) in [6.45, 7) is 5.30. The lowest BCUT2D eigenvalue weighted by atomic mass is 10.2. The van der Waals surface area contributed by atoms with Gasteiger partial charge in [-0.3, -0.25) is 4.79 Å². The third kappa shape index (κ3) is 3.71. The van der Waals surface area contributed by atoms with Crippen LogP contribution in [0.3, 0.4) is 0 Å². The number of aromatic nitrogens is 1. The third-order valence-corrected chi connectivity index (χ3v) is 5.28. The van der Waals surface area contributed by atoms with Gasteiger partial charge in [-0.1, -0.05) is 41.9 Å². The van der Waals surface area contributed by atoms with E-state index in [1.54, 1.807) is 0 Å². The summed E-state index contributed by atoms with van der Waals surface area (Å²) in [5.41, 5.74) is 4.02. The molecule has 0 spiro atoms. The van der Waals surface area contributed by atoms with E-state index in [0.29, 0.717) is 6.54 Å². The Hall–Kier alpha value is -2.04. The van der Waals surface area contributed by atoms with Crippen molar-refractivity contribution in [2.24, 2.45) is 0 Å². The van der Waals surface area contributed by atoms with Crippen molar-refractivity contribution < 1.29 is 4.79 Å². The van der Waals surface area contributed by atoms with Gasteiger partial charge < -0.3 is 9.88 Å². The zero-order chi connectivity index (χ0) is 17.1. The van der Waals surface area contributed by atoms with E-state index in [1.807, 2.05) is 50.2 Å². The Bertz CT molecular complexity index is 852. The number of hydrogen-bond donors (Lipinski definition) is 1. The van der Waals surface area contributed by atoms with Crippen molar-refractivity contribution in [2.45, 2.75) is 26.9 Å². The van der Waals surface area contributed by atoms with Gasteiger partial charge in [0.2, 0.25) is 0 Å². The molecule has 2 heterocycles. The van der Waals surface area contributed by atoms with Crippen LogP contribution in [-0.2, 0) is 13.1 Å². The maximum atomic E-state index is 12.5. The summed E-state index contributed by atoms with van der Waals surface area (Å²) in [6.07, 6.45) is 0. The number of benzene rings is 1. The van der Waals surface area contributed by atoms with Gasteiger partial charge in [0.05, 0.1) is 16.4 Å². The zero-order valence-electron chi connectivity index (χ0n) is 13.7. The van der Waals surface area contributed by atoms with E-state index < -0.39 is 0 Å². The molecule has 0 aliphatic carbocycles. The molecule has 0 radical (unpaired) electrons.